The van der Waals surface area contributed by atoms with E-state index < -0.39 is 5.97 Å². The molecule has 1 saturated carbocycles. The second-order valence-electron chi connectivity index (χ2n) is 5.96. The Hall–Kier alpha value is -1.39. The van der Waals surface area contributed by atoms with E-state index in [0.29, 0.717) is 18.0 Å². The average Bonchev–Trinajstić information content (AvgIpc) is 2.45. The van der Waals surface area contributed by atoms with Crippen molar-refractivity contribution in [3.63, 3.8) is 0 Å². The van der Waals surface area contributed by atoms with Gasteiger partial charge in [0.2, 0.25) is 0 Å². The van der Waals surface area contributed by atoms with Crippen LogP contribution in [0.25, 0.3) is 0 Å². The Balaban J connectivity index is 2.09. The summed E-state index contributed by atoms with van der Waals surface area (Å²) in [6.45, 7) is 2.79. The molecular weight excluding hydrogens is 254 g/mol. The van der Waals surface area contributed by atoms with Gasteiger partial charge in [0.15, 0.2) is 0 Å². The Morgan fingerprint density at radius 2 is 2.20 bits per heavy atom. The van der Waals surface area contributed by atoms with Crippen LogP contribution in [0.5, 0.6) is 0 Å². The van der Waals surface area contributed by atoms with Crippen molar-refractivity contribution >= 4 is 5.97 Å². The number of nitrogens with one attached hydrogen (secondary N) is 1. The molecule has 1 aromatic rings. The fourth-order valence-corrected chi connectivity index (χ4v) is 3.19. The first-order valence-electron chi connectivity index (χ1n) is 7.23. The average molecular weight is 277 g/mol. The van der Waals surface area contributed by atoms with E-state index in [1.807, 2.05) is 12.1 Å². The smallest absolute Gasteiger partial charge is 0.336 e. The molecule has 0 aliphatic heterocycles. The minimum Gasteiger partial charge on any atom is -0.478 e. The molecule has 2 atom stereocenters. The number of hydrogen-bond donors (Lipinski definition) is 3. The molecule has 0 amide bonds. The maximum Gasteiger partial charge on any atom is 0.336 e. The van der Waals surface area contributed by atoms with Crippen molar-refractivity contribution in [2.45, 2.75) is 44.7 Å². The number of aromatic carboxylic acids is 1. The molecule has 1 aliphatic carbocycles. The summed E-state index contributed by atoms with van der Waals surface area (Å²) < 4.78 is 0. The molecule has 110 valence electrons. The number of carboxylic acid groups (broad SMARTS) is 1. The number of carbonyl (C=O) groups is 1. The van der Waals surface area contributed by atoms with Crippen LogP contribution in [0.1, 0.15) is 48.5 Å². The summed E-state index contributed by atoms with van der Waals surface area (Å²) in [5.41, 5.74) is 0.839. The van der Waals surface area contributed by atoms with Crippen molar-refractivity contribution in [1.29, 1.82) is 0 Å². The topological polar surface area (TPSA) is 69.6 Å². The van der Waals surface area contributed by atoms with Crippen molar-refractivity contribution in [3.05, 3.63) is 35.4 Å². The molecule has 20 heavy (non-hydrogen) atoms. The van der Waals surface area contributed by atoms with Gasteiger partial charge < -0.3 is 15.5 Å². The Morgan fingerprint density at radius 1 is 1.45 bits per heavy atom. The second-order valence-corrected chi connectivity index (χ2v) is 5.96. The second kappa shape index (κ2) is 6.37. The normalized spacial score (nSPS) is 26.4. The molecule has 4 nitrogen and oxygen atoms in total. The lowest BCUT2D eigenvalue weighted by Gasteiger charge is -2.39. The van der Waals surface area contributed by atoms with E-state index in [0.717, 1.165) is 24.8 Å². The van der Waals surface area contributed by atoms with Gasteiger partial charge >= 0.3 is 5.97 Å². The molecule has 4 heteroatoms. The zero-order valence-corrected chi connectivity index (χ0v) is 11.9. The quantitative estimate of drug-likeness (QED) is 0.773. The third-order valence-electron chi connectivity index (χ3n) is 4.30. The van der Waals surface area contributed by atoms with Crippen LogP contribution >= 0.6 is 0 Å². The highest BCUT2D eigenvalue weighted by molar-refractivity contribution is 5.89. The molecule has 1 fully saturated rings. The van der Waals surface area contributed by atoms with Gasteiger partial charge in [-0.2, -0.15) is 0 Å². The summed E-state index contributed by atoms with van der Waals surface area (Å²) in [4.78, 5) is 11.2. The summed E-state index contributed by atoms with van der Waals surface area (Å²) in [5, 5.41) is 22.3. The minimum atomic E-state index is -0.905. The van der Waals surface area contributed by atoms with Crippen LogP contribution in [-0.4, -0.2) is 28.3 Å². The van der Waals surface area contributed by atoms with Gasteiger partial charge in [0.1, 0.15) is 0 Å². The molecule has 0 aromatic heterocycles. The molecule has 0 spiro atoms. The van der Waals surface area contributed by atoms with Crippen LogP contribution < -0.4 is 5.32 Å². The Morgan fingerprint density at radius 3 is 2.85 bits per heavy atom. The number of benzene rings is 1. The lowest BCUT2D eigenvalue weighted by atomic mass is 9.76. The lowest BCUT2D eigenvalue weighted by molar-refractivity contribution is 0.0693. The number of aliphatic hydroxyl groups excluding tert-OH is 1. The van der Waals surface area contributed by atoms with Crippen molar-refractivity contribution < 1.29 is 15.0 Å². The fourth-order valence-electron chi connectivity index (χ4n) is 3.19. The molecule has 3 N–H and O–H groups in total. The first-order valence-corrected chi connectivity index (χ1v) is 7.23. The van der Waals surface area contributed by atoms with E-state index in [-0.39, 0.29) is 12.1 Å². The van der Waals surface area contributed by atoms with E-state index >= 15 is 0 Å². The van der Waals surface area contributed by atoms with E-state index in [4.69, 9.17) is 0 Å². The zero-order valence-electron chi connectivity index (χ0n) is 11.9. The standard InChI is InChI=1S/C16H23NO3/c1-12-5-4-8-16(9-12,11-18)17-10-13-6-2-3-7-14(13)15(19)20/h2-3,6-7,12,17-18H,4-5,8-11H2,1H3,(H,19,20). The van der Waals surface area contributed by atoms with E-state index in [1.165, 1.54) is 6.42 Å². The number of aliphatic hydroxyl groups is 1. The van der Waals surface area contributed by atoms with Gasteiger partial charge in [0.25, 0.3) is 0 Å². The number of hydrogen-bond acceptors (Lipinski definition) is 3. The Bertz CT molecular complexity index is 475. The third-order valence-corrected chi connectivity index (χ3v) is 4.30. The highest BCUT2D eigenvalue weighted by Gasteiger charge is 2.33. The van der Waals surface area contributed by atoms with Gasteiger partial charge in [-0.15, -0.1) is 0 Å². The maximum atomic E-state index is 11.2. The molecule has 2 rings (SSSR count). The van der Waals surface area contributed by atoms with Crippen LogP contribution in [0.2, 0.25) is 0 Å². The zero-order chi connectivity index (χ0) is 14.6. The molecule has 0 heterocycles. The van der Waals surface area contributed by atoms with Crippen LogP contribution in [-0.2, 0) is 6.54 Å². The first kappa shape index (κ1) is 15.0. The fraction of sp³-hybridized carbons (Fsp3) is 0.562. The van der Waals surface area contributed by atoms with Gasteiger partial charge in [0, 0.05) is 12.1 Å². The van der Waals surface area contributed by atoms with Crippen molar-refractivity contribution in [2.75, 3.05) is 6.61 Å². The van der Waals surface area contributed by atoms with E-state index in [1.54, 1.807) is 12.1 Å². The molecule has 1 aromatic carbocycles. The van der Waals surface area contributed by atoms with Crippen molar-refractivity contribution in [3.8, 4) is 0 Å². The third kappa shape index (κ3) is 3.38. The molecule has 1 aliphatic rings. The molecular formula is C16H23NO3. The van der Waals surface area contributed by atoms with Gasteiger partial charge in [-0.1, -0.05) is 38.0 Å². The highest BCUT2D eigenvalue weighted by Crippen LogP contribution is 2.32. The summed E-state index contributed by atoms with van der Waals surface area (Å²) >= 11 is 0. The van der Waals surface area contributed by atoms with Crippen LogP contribution in [0.15, 0.2) is 24.3 Å². The summed E-state index contributed by atoms with van der Waals surface area (Å²) in [5.74, 6) is -0.310. The number of rotatable bonds is 5. The van der Waals surface area contributed by atoms with Gasteiger partial charge in [-0.3, -0.25) is 0 Å². The lowest BCUT2D eigenvalue weighted by Crippen LogP contribution is -2.51. The van der Waals surface area contributed by atoms with Gasteiger partial charge in [0.05, 0.1) is 12.2 Å². The molecule has 0 radical (unpaired) electrons. The summed E-state index contributed by atoms with van der Waals surface area (Å²) in [6, 6.07) is 7.03. The summed E-state index contributed by atoms with van der Waals surface area (Å²) in [6.07, 6.45) is 4.20. The van der Waals surface area contributed by atoms with Crippen LogP contribution in [0, 0.1) is 5.92 Å². The van der Waals surface area contributed by atoms with Gasteiger partial charge in [-0.25, -0.2) is 4.79 Å². The number of carboxylic acids is 1. The summed E-state index contributed by atoms with van der Waals surface area (Å²) in [7, 11) is 0. The highest BCUT2D eigenvalue weighted by atomic mass is 16.4. The first-order chi connectivity index (χ1) is 9.56. The molecule has 0 saturated heterocycles. The van der Waals surface area contributed by atoms with Gasteiger partial charge in [-0.05, 0) is 30.4 Å². The van der Waals surface area contributed by atoms with Crippen LogP contribution in [0.4, 0.5) is 0 Å². The van der Waals surface area contributed by atoms with Crippen LogP contribution in [0.3, 0.4) is 0 Å². The Kier molecular flexibility index (Phi) is 4.78. The molecule has 2 unspecified atom stereocenters. The van der Waals surface area contributed by atoms with E-state index in [2.05, 4.69) is 12.2 Å². The van der Waals surface area contributed by atoms with Crippen molar-refractivity contribution in [2.24, 2.45) is 5.92 Å². The Labute approximate surface area is 119 Å². The predicted molar refractivity (Wildman–Crippen MR) is 77.7 cm³/mol. The minimum absolute atomic E-state index is 0.104. The SMILES string of the molecule is CC1CCCC(CO)(NCc2ccccc2C(=O)O)C1. The largest absolute Gasteiger partial charge is 0.478 e. The molecule has 0 bridgehead atoms. The van der Waals surface area contributed by atoms with Crippen molar-refractivity contribution in [1.82, 2.24) is 5.32 Å². The monoisotopic (exact) mass is 277 g/mol. The predicted octanol–water partition coefficient (Wildman–Crippen LogP) is 2.42. The van der Waals surface area contributed by atoms with E-state index in [9.17, 15) is 15.0 Å². The maximum absolute atomic E-state index is 11.2.